The predicted molar refractivity (Wildman–Crippen MR) is 73.2 cm³/mol. The average Bonchev–Trinajstić information content (AvgIpc) is 2.75. The Balaban J connectivity index is 2.28. The van der Waals surface area contributed by atoms with Crippen molar-refractivity contribution in [3.05, 3.63) is 0 Å². The Morgan fingerprint density at radius 2 is 2.00 bits per heavy atom. The van der Waals surface area contributed by atoms with E-state index >= 15 is 0 Å². The van der Waals surface area contributed by atoms with Gasteiger partial charge in [-0.05, 0) is 38.3 Å². The molecule has 1 aliphatic rings. The maximum absolute atomic E-state index is 11.6. The van der Waals surface area contributed by atoms with Gasteiger partial charge in [0, 0.05) is 18.9 Å². The summed E-state index contributed by atoms with van der Waals surface area (Å²) < 4.78 is 0. The van der Waals surface area contributed by atoms with E-state index < -0.39 is 0 Å². The van der Waals surface area contributed by atoms with Crippen molar-refractivity contribution >= 4 is 5.78 Å². The van der Waals surface area contributed by atoms with Crippen LogP contribution in [0.1, 0.15) is 59.3 Å². The van der Waals surface area contributed by atoms with E-state index in [-0.39, 0.29) is 0 Å². The van der Waals surface area contributed by atoms with Crippen LogP contribution in [0, 0.1) is 11.8 Å². The lowest BCUT2D eigenvalue weighted by molar-refractivity contribution is -0.120. The molecule has 0 aliphatic heterocycles. The van der Waals surface area contributed by atoms with Gasteiger partial charge in [0.05, 0.1) is 0 Å². The van der Waals surface area contributed by atoms with Crippen LogP contribution in [0.2, 0.25) is 0 Å². The molecular formula is C15H29NO. The average molecular weight is 239 g/mol. The van der Waals surface area contributed by atoms with Gasteiger partial charge in [-0.1, -0.05) is 33.6 Å². The summed E-state index contributed by atoms with van der Waals surface area (Å²) in [6.07, 6.45) is 6.74. The van der Waals surface area contributed by atoms with E-state index in [0.29, 0.717) is 11.7 Å². The van der Waals surface area contributed by atoms with Crippen molar-refractivity contribution in [2.45, 2.75) is 59.3 Å². The van der Waals surface area contributed by atoms with Gasteiger partial charge in [0.1, 0.15) is 5.78 Å². The third-order valence-electron chi connectivity index (χ3n) is 4.34. The summed E-state index contributed by atoms with van der Waals surface area (Å²) in [4.78, 5) is 14.1. The van der Waals surface area contributed by atoms with Gasteiger partial charge in [0.15, 0.2) is 0 Å². The van der Waals surface area contributed by atoms with Crippen molar-refractivity contribution in [2.75, 3.05) is 19.6 Å². The lowest BCUT2D eigenvalue weighted by Crippen LogP contribution is -2.31. The number of carbonyl (C=O) groups is 1. The Hall–Kier alpha value is -0.370. The largest absolute Gasteiger partial charge is 0.303 e. The number of hydrogen-bond donors (Lipinski definition) is 0. The highest BCUT2D eigenvalue weighted by molar-refractivity contribution is 5.82. The first-order valence-corrected chi connectivity index (χ1v) is 7.46. The van der Waals surface area contributed by atoms with Crippen molar-refractivity contribution in [1.82, 2.24) is 4.90 Å². The van der Waals surface area contributed by atoms with Crippen molar-refractivity contribution in [3.63, 3.8) is 0 Å². The summed E-state index contributed by atoms with van der Waals surface area (Å²) in [5.41, 5.74) is 0. The number of ketones is 1. The number of nitrogens with zero attached hydrogens (tertiary/aromatic N) is 1. The van der Waals surface area contributed by atoms with Gasteiger partial charge in [0.2, 0.25) is 0 Å². The van der Waals surface area contributed by atoms with Crippen molar-refractivity contribution in [1.29, 1.82) is 0 Å². The second kappa shape index (κ2) is 7.86. The Bertz CT molecular complexity index is 223. The van der Waals surface area contributed by atoms with E-state index in [2.05, 4.69) is 25.7 Å². The first-order valence-electron chi connectivity index (χ1n) is 7.46. The minimum absolute atomic E-state index is 0.380. The van der Waals surface area contributed by atoms with E-state index in [9.17, 15) is 4.79 Å². The summed E-state index contributed by atoms with van der Waals surface area (Å²) >= 11 is 0. The minimum Gasteiger partial charge on any atom is -0.303 e. The molecule has 0 bridgehead atoms. The highest BCUT2D eigenvalue weighted by atomic mass is 16.1. The molecule has 0 heterocycles. The fraction of sp³-hybridized carbons (Fsp3) is 0.933. The molecular weight excluding hydrogens is 210 g/mol. The van der Waals surface area contributed by atoms with Gasteiger partial charge in [-0.15, -0.1) is 0 Å². The molecule has 1 unspecified atom stereocenters. The molecule has 1 saturated carbocycles. The fourth-order valence-corrected chi connectivity index (χ4v) is 2.82. The Labute approximate surface area is 107 Å². The Morgan fingerprint density at radius 1 is 1.29 bits per heavy atom. The van der Waals surface area contributed by atoms with E-state index in [1.807, 2.05) is 0 Å². The van der Waals surface area contributed by atoms with E-state index in [1.165, 1.54) is 19.4 Å². The highest BCUT2D eigenvalue weighted by Crippen LogP contribution is 2.24. The minimum atomic E-state index is 0.380. The van der Waals surface area contributed by atoms with E-state index in [0.717, 1.165) is 44.7 Å². The number of rotatable bonds is 8. The smallest absolute Gasteiger partial charge is 0.136 e. The molecule has 0 N–H and O–H groups in total. The lowest BCUT2D eigenvalue weighted by atomic mass is 10.0. The quantitative estimate of drug-likeness (QED) is 0.646. The molecule has 17 heavy (non-hydrogen) atoms. The molecule has 1 atom stereocenters. The number of carbonyl (C=O) groups excluding carboxylic acids is 1. The molecule has 100 valence electrons. The van der Waals surface area contributed by atoms with Crippen LogP contribution in [-0.4, -0.2) is 30.3 Å². The zero-order valence-electron chi connectivity index (χ0n) is 11.9. The van der Waals surface area contributed by atoms with Gasteiger partial charge >= 0.3 is 0 Å². The van der Waals surface area contributed by atoms with Gasteiger partial charge in [-0.25, -0.2) is 0 Å². The first-order chi connectivity index (χ1) is 8.21. The van der Waals surface area contributed by atoms with Gasteiger partial charge < -0.3 is 4.90 Å². The summed E-state index contributed by atoms with van der Waals surface area (Å²) in [7, 11) is 0. The van der Waals surface area contributed by atoms with E-state index in [4.69, 9.17) is 0 Å². The molecule has 0 radical (unpaired) electrons. The summed E-state index contributed by atoms with van der Waals surface area (Å²) in [6, 6.07) is 0. The van der Waals surface area contributed by atoms with Crippen molar-refractivity contribution < 1.29 is 4.79 Å². The topological polar surface area (TPSA) is 20.3 Å². The Kier molecular flexibility index (Phi) is 6.79. The SMILES string of the molecule is CCC(CC)CN(CC)CCC1CCCC1=O. The van der Waals surface area contributed by atoms with Crippen molar-refractivity contribution in [3.8, 4) is 0 Å². The van der Waals surface area contributed by atoms with Crippen LogP contribution in [0.4, 0.5) is 0 Å². The summed E-state index contributed by atoms with van der Waals surface area (Å²) in [6.45, 7) is 10.2. The standard InChI is InChI=1S/C15H29NO/c1-4-13(5-2)12-16(6-3)11-10-14-8-7-9-15(14)17/h13-14H,4-12H2,1-3H3. The molecule has 0 aromatic heterocycles. The van der Waals surface area contributed by atoms with Gasteiger partial charge in [-0.3, -0.25) is 4.79 Å². The predicted octanol–water partition coefficient (Wildman–Crippen LogP) is 3.50. The molecule has 0 spiro atoms. The molecule has 2 heteroatoms. The van der Waals surface area contributed by atoms with Crippen molar-refractivity contribution in [2.24, 2.45) is 11.8 Å². The second-order valence-electron chi connectivity index (χ2n) is 5.42. The summed E-state index contributed by atoms with van der Waals surface area (Å²) in [5.74, 6) is 1.73. The highest BCUT2D eigenvalue weighted by Gasteiger charge is 2.24. The molecule has 1 rings (SSSR count). The van der Waals surface area contributed by atoms with Crippen LogP contribution < -0.4 is 0 Å². The first kappa shape index (κ1) is 14.7. The molecule has 1 fully saturated rings. The van der Waals surface area contributed by atoms with Crippen LogP contribution in [0.3, 0.4) is 0 Å². The van der Waals surface area contributed by atoms with E-state index in [1.54, 1.807) is 0 Å². The molecule has 0 aromatic rings. The van der Waals surface area contributed by atoms with Crippen LogP contribution >= 0.6 is 0 Å². The molecule has 0 saturated heterocycles. The summed E-state index contributed by atoms with van der Waals surface area (Å²) in [5, 5.41) is 0. The Morgan fingerprint density at radius 3 is 2.47 bits per heavy atom. The maximum atomic E-state index is 11.6. The number of hydrogen-bond acceptors (Lipinski definition) is 2. The van der Waals surface area contributed by atoms with Crippen LogP contribution in [0.5, 0.6) is 0 Å². The molecule has 1 aliphatic carbocycles. The van der Waals surface area contributed by atoms with Crippen LogP contribution in [0.25, 0.3) is 0 Å². The zero-order chi connectivity index (χ0) is 12.7. The monoisotopic (exact) mass is 239 g/mol. The van der Waals surface area contributed by atoms with Crippen LogP contribution in [0.15, 0.2) is 0 Å². The molecule has 0 aromatic carbocycles. The van der Waals surface area contributed by atoms with Gasteiger partial charge in [-0.2, -0.15) is 0 Å². The third kappa shape index (κ3) is 4.79. The zero-order valence-corrected chi connectivity index (χ0v) is 11.9. The normalized spacial score (nSPS) is 20.8. The number of Topliss-reactive ketones (excluding diaryl/α,β-unsaturated/α-hetero) is 1. The fourth-order valence-electron chi connectivity index (χ4n) is 2.82. The van der Waals surface area contributed by atoms with Crippen LogP contribution in [-0.2, 0) is 4.79 Å². The lowest BCUT2D eigenvalue weighted by Gasteiger charge is -2.26. The second-order valence-corrected chi connectivity index (χ2v) is 5.42. The third-order valence-corrected chi connectivity index (χ3v) is 4.34. The molecule has 2 nitrogen and oxygen atoms in total. The molecule has 0 amide bonds. The maximum Gasteiger partial charge on any atom is 0.136 e. The van der Waals surface area contributed by atoms with Gasteiger partial charge in [0.25, 0.3) is 0 Å².